The van der Waals surface area contributed by atoms with Crippen molar-refractivity contribution >= 4 is 27.5 Å². The van der Waals surface area contributed by atoms with Gasteiger partial charge in [-0.25, -0.2) is 4.98 Å². The number of fused-ring (bicyclic) bond motifs is 2. The van der Waals surface area contributed by atoms with E-state index >= 15 is 0 Å². The van der Waals surface area contributed by atoms with Gasteiger partial charge in [0.15, 0.2) is 0 Å². The maximum atomic E-state index is 8.75. The Labute approximate surface area is 130 Å². The van der Waals surface area contributed by atoms with E-state index in [1.165, 1.54) is 0 Å². The number of nitrogens with one attached hydrogen (secondary N) is 2. The third kappa shape index (κ3) is 3.18. The first-order valence-corrected chi connectivity index (χ1v) is 7.73. The molecule has 3 aromatic rings. The molecular formula is C18H21N3O. The molecule has 0 atom stereocenters. The van der Waals surface area contributed by atoms with Gasteiger partial charge in [0.2, 0.25) is 0 Å². The van der Waals surface area contributed by atoms with E-state index in [2.05, 4.69) is 34.9 Å². The van der Waals surface area contributed by atoms with Gasteiger partial charge in [0, 0.05) is 23.9 Å². The van der Waals surface area contributed by atoms with Gasteiger partial charge >= 0.3 is 0 Å². The molecule has 4 nitrogen and oxygen atoms in total. The van der Waals surface area contributed by atoms with Gasteiger partial charge in [0.25, 0.3) is 0 Å². The second kappa shape index (κ2) is 7.20. The van der Waals surface area contributed by atoms with Gasteiger partial charge in [-0.15, -0.1) is 0 Å². The summed E-state index contributed by atoms with van der Waals surface area (Å²) in [6.45, 7) is 2.62. The average Bonchev–Trinajstić information content (AvgIpc) is 2.57. The zero-order chi connectivity index (χ0) is 15.2. The number of hydrogen-bond donors (Lipinski definition) is 3. The van der Waals surface area contributed by atoms with Crippen molar-refractivity contribution in [3.8, 4) is 0 Å². The van der Waals surface area contributed by atoms with E-state index in [1.807, 2.05) is 24.3 Å². The van der Waals surface area contributed by atoms with E-state index in [0.717, 1.165) is 47.0 Å². The molecule has 22 heavy (non-hydrogen) atoms. The molecule has 0 saturated carbocycles. The van der Waals surface area contributed by atoms with Crippen LogP contribution in [0.15, 0.2) is 48.5 Å². The number of nitrogens with zero attached hydrogens (tertiary/aromatic N) is 1. The maximum Gasteiger partial charge on any atom is 0.0730 e. The lowest BCUT2D eigenvalue weighted by Crippen LogP contribution is -2.21. The monoisotopic (exact) mass is 295 g/mol. The molecule has 4 heteroatoms. The Morgan fingerprint density at radius 2 is 1.45 bits per heavy atom. The van der Waals surface area contributed by atoms with Crippen molar-refractivity contribution in [2.24, 2.45) is 0 Å². The zero-order valence-electron chi connectivity index (χ0n) is 12.5. The summed E-state index contributed by atoms with van der Waals surface area (Å²) in [6.07, 6.45) is 1.00. The van der Waals surface area contributed by atoms with Crippen molar-refractivity contribution in [2.45, 2.75) is 6.42 Å². The summed E-state index contributed by atoms with van der Waals surface area (Å²) in [5, 5.41) is 17.8. The number of rotatable bonds is 7. The lowest BCUT2D eigenvalue weighted by Gasteiger charge is -2.13. The van der Waals surface area contributed by atoms with Gasteiger partial charge in [-0.2, -0.15) is 0 Å². The van der Waals surface area contributed by atoms with Crippen LogP contribution in [-0.4, -0.2) is 36.3 Å². The Balaban J connectivity index is 1.85. The van der Waals surface area contributed by atoms with E-state index in [4.69, 9.17) is 10.1 Å². The minimum Gasteiger partial charge on any atom is -0.395 e. The molecule has 0 spiro atoms. The average molecular weight is 295 g/mol. The lowest BCUT2D eigenvalue weighted by molar-refractivity contribution is 0.292. The zero-order valence-corrected chi connectivity index (χ0v) is 12.5. The second-order valence-corrected chi connectivity index (χ2v) is 5.28. The first-order valence-electron chi connectivity index (χ1n) is 7.73. The molecule has 1 aromatic heterocycles. The molecule has 0 saturated heterocycles. The van der Waals surface area contributed by atoms with Crippen LogP contribution >= 0.6 is 0 Å². The van der Waals surface area contributed by atoms with Crippen LogP contribution in [0.5, 0.6) is 0 Å². The molecule has 0 amide bonds. The van der Waals surface area contributed by atoms with Crippen molar-refractivity contribution in [1.29, 1.82) is 0 Å². The van der Waals surface area contributed by atoms with Crippen LogP contribution in [0.3, 0.4) is 0 Å². The minimum absolute atomic E-state index is 0.188. The van der Waals surface area contributed by atoms with Gasteiger partial charge < -0.3 is 15.7 Å². The van der Waals surface area contributed by atoms with Gasteiger partial charge in [-0.05, 0) is 25.1 Å². The summed E-state index contributed by atoms with van der Waals surface area (Å²) in [5.41, 5.74) is 3.19. The largest absolute Gasteiger partial charge is 0.395 e. The van der Waals surface area contributed by atoms with E-state index in [1.54, 1.807) is 0 Å². The Hall–Kier alpha value is -2.17. The molecule has 3 rings (SSSR count). The quantitative estimate of drug-likeness (QED) is 0.463. The van der Waals surface area contributed by atoms with Gasteiger partial charge in [-0.3, -0.25) is 0 Å². The molecular weight excluding hydrogens is 274 g/mol. The molecule has 0 radical (unpaired) electrons. The Kier molecular flexibility index (Phi) is 4.83. The normalized spacial score (nSPS) is 11.1. The highest BCUT2D eigenvalue weighted by molar-refractivity contribution is 6.07. The third-order valence-corrected chi connectivity index (χ3v) is 3.71. The van der Waals surface area contributed by atoms with Crippen molar-refractivity contribution in [3.63, 3.8) is 0 Å². The molecule has 3 N–H and O–H groups in total. The predicted octanol–water partition coefficient (Wildman–Crippen LogP) is 2.77. The van der Waals surface area contributed by atoms with E-state index in [9.17, 15) is 0 Å². The summed E-state index contributed by atoms with van der Waals surface area (Å²) < 4.78 is 0. The van der Waals surface area contributed by atoms with E-state index in [0.29, 0.717) is 6.54 Å². The predicted molar refractivity (Wildman–Crippen MR) is 92.3 cm³/mol. The van der Waals surface area contributed by atoms with Gasteiger partial charge in [0.1, 0.15) is 0 Å². The second-order valence-electron chi connectivity index (χ2n) is 5.28. The number of aliphatic hydroxyl groups excluding tert-OH is 1. The Morgan fingerprint density at radius 3 is 2.09 bits per heavy atom. The van der Waals surface area contributed by atoms with Crippen LogP contribution in [0.25, 0.3) is 21.8 Å². The fourth-order valence-corrected chi connectivity index (χ4v) is 2.66. The Bertz CT molecular complexity index is 703. The van der Waals surface area contributed by atoms with Crippen LogP contribution in [0.2, 0.25) is 0 Å². The topological polar surface area (TPSA) is 57.2 Å². The molecule has 114 valence electrons. The molecule has 0 unspecified atom stereocenters. The highest BCUT2D eigenvalue weighted by Gasteiger charge is 2.07. The molecule has 0 aliphatic rings. The standard InChI is InChI=1S/C18H21N3O/c22-13-12-19-10-5-11-20-18-14-6-1-3-8-16(14)21-17-9-4-2-7-15(17)18/h1-4,6-9,19,22H,5,10-13H2,(H,20,21). The highest BCUT2D eigenvalue weighted by atomic mass is 16.3. The van der Waals surface area contributed by atoms with E-state index in [-0.39, 0.29) is 6.61 Å². The fraction of sp³-hybridized carbons (Fsp3) is 0.278. The number of pyridine rings is 1. The lowest BCUT2D eigenvalue weighted by atomic mass is 10.1. The highest BCUT2D eigenvalue weighted by Crippen LogP contribution is 2.30. The van der Waals surface area contributed by atoms with Crippen molar-refractivity contribution in [2.75, 3.05) is 31.6 Å². The smallest absolute Gasteiger partial charge is 0.0730 e. The van der Waals surface area contributed by atoms with Crippen LogP contribution in [0.4, 0.5) is 5.69 Å². The summed E-state index contributed by atoms with van der Waals surface area (Å²) in [4.78, 5) is 4.73. The number of benzene rings is 2. The fourth-order valence-electron chi connectivity index (χ4n) is 2.66. The number of anilines is 1. The third-order valence-electron chi connectivity index (χ3n) is 3.71. The summed E-state index contributed by atoms with van der Waals surface area (Å²) in [5.74, 6) is 0. The molecule has 0 fully saturated rings. The van der Waals surface area contributed by atoms with Crippen molar-refractivity contribution in [1.82, 2.24) is 10.3 Å². The molecule has 1 heterocycles. The van der Waals surface area contributed by atoms with Gasteiger partial charge in [0.05, 0.1) is 23.3 Å². The summed E-state index contributed by atoms with van der Waals surface area (Å²) in [7, 11) is 0. The molecule has 2 aromatic carbocycles. The summed E-state index contributed by atoms with van der Waals surface area (Å²) >= 11 is 0. The van der Waals surface area contributed by atoms with Crippen LogP contribution in [0, 0.1) is 0 Å². The number of aromatic nitrogens is 1. The first-order chi connectivity index (χ1) is 10.9. The van der Waals surface area contributed by atoms with Crippen LogP contribution in [0.1, 0.15) is 6.42 Å². The van der Waals surface area contributed by atoms with Crippen molar-refractivity contribution in [3.05, 3.63) is 48.5 Å². The van der Waals surface area contributed by atoms with Crippen LogP contribution in [-0.2, 0) is 0 Å². The molecule has 0 aliphatic carbocycles. The van der Waals surface area contributed by atoms with Crippen LogP contribution < -0.4 is 10.6 Å². The maximum absolute atomic E-state index is 8.75. The number of aliphatic hydroxyl groups is 1. The summed E-state index contributed by atoms with van der Waals surface area (Å²) in [6, 6.07) is 16.5. The number of hydrogen-bond acceptors (Lipinski definition) is 4. The SMILES string of the molecule is OCCNCCCNc1c2ccccc2nc2ccccc12. The Morgan fingerprint density at radius 1 is 0.818 bits per heavy atom. The minimum atomic E-state index is 0.188. The molecule has 0 bridgehead atoms. The number of para-hydroxylation sites is 2. The van der Waals surface area contributed by atoms with Crippen molar-refractivity contribution < 1.29 is 5.11 Å². The molecule has 0 aliphatic heterocycles. The first kappa shape index (κ1) is 14.8. The van der Waals surface area contributed by atoms with Gasteiger partial charge in [-0.1, -0.05) is 36.4 Å². The van der Waals surface area contributed by atoms with E-state index < -0.39 is 0 Å².